The molecule has 0 atom stereocenters. The van der Waals surface area contributed by atoms with Crippen molar-refractivity contribution in [1.29, 1.82) is 0 Å². The number of hydrogen-bond acceptors (Lipinski definition) is 5. The van der Waals surface area contributed by atoms with Crippen LogP contribution < -0.4 is 19.1 Å². The lowest BCUT2D eigenvalue weighted by atomic mass is 10.0. The summed E-state index contributed by atoms with van der Waals surface area (Å²) in [6, 6.07) is 17.2. The molecule has 0 radical (unpaired) electrons. The fraction of sp³-hybridized carbons (Fsp3) is 0.296. The van der Waals surface area contributed by atoms with Gasteiger partial charge in [0.15, 0.2) is 0 Å². The first-order valence-corrected chi connectivity index (χ1v) is 12.9. The lowest BCUT2D eigenvalue weighted by molar-refractivity contribution is -0.114. The predicted octanol–water partition coefficient (Wildman–Crippen LogP) is 4.97. The van der Waals surface area contributed by atoms with Gasteiger partial charge in [-0.25, -0.2) is 8.42 Å². The summed E-state index contributed by atoms with van der Waals surface area (Å²) in [5.41, 5.74) is 3.89. The third-order valence-corrected chi connectivity index (χ3v) is 7.59. The Morgan fingerprint density at radius 2 is 1.54 bits per heavy atom. The highest BCUT2D eigenvalue weighted by Gasteiger charge is 2.30. The number of carbonyl (C=O) groups is 1. The van der Waals surface area contributed by atoms with Crippen LogP contribution in [0, 0.1) is 6.92 Å². The number of sulfonamides is 1. The standard InChI is InChI=1S/C27H32N2O5S/c1-6-20-9-8-10-21(7-2)27(20)28-26(30)18-29(24-16-13-22(33-4)17-25(24)34-5)35(31,32)23-14-11-19(3)12-15-23/h8-17H,6-7,18H2,1-5H3,(H,28,30). The molecule has 0 unspecified atom stereocenters. The van der Waals surface area contributed by atoms with Crippen molar-refractivity contribution in [2.24, 2.45) is 0 Å². The number of rotatable bonds is 10. The number of anilines is 2. The molecule has 0 aromatic heterocycles. The van der Waals surface area contributed by atoms with Gasteiger partial charge in [0, 0.05) is 11.8 Å². The molecule has 186 valence electrons. The van der Waals surface area contributed by atoms with E-state index in [9.17, 15) is 13.2 Å². The van der Waals surface area contributed by atoms with Gasteiger partial charge in [0.05, 0.1) is 24.8 Å². The Kier molecular flexibility index (Phi) is 8.40. The van der Waals surface area contributed by atoms with E-state index in [0.717, 1.165) is 39.5 Å². The Morgan fingerprint density at radius 1 is 0.914 bits per heavy atom. The number of aryl methyl sites for hydroxylation is 3. The molecular formula is C27H32N2O5S. The molecule has 0 fully saturated rings. The first-order chi connectivity index (χ1) is 16.7. The first kappa shape index (κ1) is 26.1. The molecule has 0 heterocycles. The van der Waals surface area contributed by atoms with Crippen molar-refractivity contribution in [2.45, 2.75) is 38.5 Å². The van der Waals surface area contributed by atoms with E-state index < -0.39 is 22.5 Å². The molecule has 7 nitrogen and oxygen atoms in total. The van der Waals surface area contributed by atoms with Gasteiger partial charge in [0.25, 0.3) is 10.0 Å². The number of para-hydroxylation sites is 1. The van der Waals surface area contributed by atoms with Crippen LogP contribution in [0.3, 0.4) is 0 Å². The van der Waals surface area contributed by atoms with E-state index in [1.165, 1.54) is 26.4 Å². The molecule has 0 spiro atoms. The fourth-order valence-corrected chi connectivity index (χ4v) is 5.27. The summed E-state index contributed by atoms with van der Waals surface area (Å²) in [5.74, 6) is 0.331. The Bertz CT molecular complexity index is 1270. The summed E-state index contributed by atoms with van der Waals surface area (Å²) < 4.78 is 39.3. The highest BCUT2D eigenvalue weighted by Crippen LogP contribution is 2.35. The Hall–Kier alpha value is -3.52. The van der Waals surface area contributed by atoms with Gasteiger partial charge in [-0.05, 0) is 55.2 Å². The number of nitrogens with zero attached hydrogens (tertiary/aromatic N) is 1. The maximum Gasteiger partial charge on any atom is 0.264 e. The average Bonchev–Trinajstić information content (AvgIpc) is 2.87. The molecule has 3 rings (SSSR count). The van der Waals surface area contributed by atoms with Crippen LogP contribution in [-0.4, -0.2) is 35.1 Å². The minimum absolute atomic E-state index is 0.0805. The number of methoxy groups -OCH3 is 2. The van der Waals surface area contributed by atoms with Crippen molar-refractivity contribution in [2.75, 3.05) is 30.4 Å². The topological polar surface area (TPSA) is 84.9 Å². The van der Waals surface area contributed by atoms with Crippen LogP contribution in [0.5, 0.6) is 11.5 Å². The molecule has 8 heteroatoms. The summed E-state index contributed by atoms with van der Waals surface area (Å²) in [6.07, 6.45) is 1.47. The summed E-state index contributed by atoms with van der Waals surface area (Å²) in [6.45, 7) is 5.48. The second kappa shape index (κ2) is 11.3. The van der Waals surface area contributed by atoms with Gasteiger partial charge in [-0.1, -0.05) is 49.7 Å². The van der Waals surface area contributed by atoms with Gasteiger partial charge in [0.1, 0.15) is 18.0 Å². The normalized spacial score (nSPS) is 11.1. The molecule has 0 saturated carbocycles. The van der Waals surface area contributed by atoms with Gasteiger partial charge >= 0.3 is 0 Å². The van der Waals surface area contributed by atoms with E-state index in [2.05, 4.69) is 5.32 Å². The number of benzene rings is 3. The van der Waals surface area contributed by atoms with E-state index in [4.69, 9.17) is 9.47 Å². The average molecular weight is 497 g/mol. The van der Waals surface area contributed by atoms with Gasteiger partial charge in [0.2, 0.25) is 5.91 Å². The number of amides is 1. The van der Waals surface area contributed by atoms with Crippen LogP contribution in [0.4, 0.5) is 11.4 Å². The van der Waals surface area contributed by atoms with Crippen LogP contribution in [0.25, 0.3) is 0 Å². The van der Waals surface area contributed by atoms with E-state index in [0.29, 0.717) is 5.75 Å². The van der Waals surface area contributed by atoms with Crippen molar-refractivity contribution in [3.8, 4) is 11.5 Å². The zero-order valence-corrected chi connectivity index (χ0v) is 21.6. The zero-order valence-electron chi connectivity index (χ0n) is 20.8. The molecular weight excluding hydrogens is 464 g/mol. The first-order valence-electron chi connectivity index (χ1n) is 11.5. The molecule has 1 amide bonds. The zero-order chi connectivity index (χ0) is 25.6. The molecule has 0 aliphatic heterocycles. The third kappa shape index (κ3) is 5.77. The minimum Gasteiger partial charge on any atom is -0.497 e. The van der Waals surface area contributed by atoms with Gasteiger partial charge in [-0.2, -0.15) is 0 Å². The Morgan fingerprint density at radius 3 is 2.09 bits per heavy atom. The van der Waals surface area contributed by atoms with E-state index >= 15 is 0 Å². The quantitative estimate of drug-likeness (QED) is 0.428. The highest BCUT2D eigenvalue weighted by atomic mass is 32.2. The van der Waals surface area contributed by atoms with Crippen molar-refractivity contribution < 1.29 is 22.7 Å². The smallest absolute Gasteiger partial charge is 0.264 e. The molecule has 3 aromatic rings. The van der Waals surface area contributed by atoms with Crippen molar-refractivity contribution >= 4 is 27.3 Å². The fourth-order valence-electron chi connectivity index (χ4n) is 3.84. The largest absolute Gasteiger partial charge is 0.497 e. The lowest BCUT2D eigenvalue weighted by Crippen LogP contribution is -2.38. The molecule has 1 N–H and O–H groups in total. The van der Waals surface area contributed by atoms with Crippen molar-refractivity contribution in [1.82, 2.24) is 0 Å². The van der Waals surface area contributed by atoms with E-state index in [1.807, 2.05) is 39.0 Å². The van der Waals surface area contributed by atoms with Crippen LogP contribution in [0.1, 0.15) is 30.5 Å². The molecule has 3 aromatic carbocycles. The number of nitrogens with one attached hydrogen (secondary N) is 1. The highest BCUT2D eigenvalue weighted by molar-refractivity contribution is 7.92. The second-order valence-corrected chi connectivity index (χ2v) is 9.93. The molecule has 0 aliphatic rings. The Labute approximate surface area is 207 Å². The molecule has 0 bridgehead atoms. The monoisotopic (exact) mass is 496 g/mol. The van der Waals surface area contributed by atoms with Crippen LogP contribution in [-0.2, 0) is 27.7 Å². The second-order valence-electron chi connectivity index (χ2n) is 8.07. The predicted molar refractivity (Wildman–Crippen MR) is 139 cm³/mol. The number of ether oxygens (including phenoxy) is 2. The minimum atomic E-state index is -4.09. The van der Waals surface area contributed by atoms with Gasteiger partial charge < -0.3 is 14.8 Å². The van der Waals surface area contributed by atoms with Gasteiger partial charge in [-0.15, -0.1) is 0 Å². The van der Waals surface area contributed by atoms with E-state index in [1.54, 1.807) is 30.3 Å². The summed E-state index contributed by atoms with van der Waals surface area (Å²) in [4.78, 5) is 13.4. The van der Waals surface area contributed by atoms with Crippen LogP contribution >= 0.6 is 0 Å². The summed E-state index contributed by atoms with van der Waals surface area (Å²) >= 11 is 0. The molecule has 0 aliphatic carbocycles. The SMILES string of the molecule is CCc1cccc(CC)c1NC(=O)CN(c1ccc(OC)cc1OC)S(=O)(=O)c1ccc(C)cc1. The third-order valence-electron chi connectivity index (χ3n) is 5.82. The lowest BCUT2D eigenvalue weighted by Gasteiger charge is -2.26. The van der Waals surface area contributed by atoms with Crippen molar-refractivity contribution in [3.05, 3.63) is 77.4 Å². The number of carbonyl (C=O) groups excluding carboxylic acids is 1. The maximum atomic E-state index is 13.8. The van der Waals surface area contributed by atoms with Gasteiger partial charge in [-0.3, -0.25) is 9.10 Å². The maximum absolute atomic E-state index is 13.8. The summed E-state index contributed by atoms with van der Waals surface area (Å²) in [5, 5.41) is 2.96. The van der Waals surface area contributed by atoms with Crippen molar-refractivity contribution in [3.63, 3.8) is 0 Å². The number of hydrogen-bond donors (Lipinski definition) is 1. The Balaban J connectivity index is 2.06. The van der Waals surface area contributed by atoms with Crippen LogP contribution in [0.2, 0.25) is 0 Å². The summed E-state index contributed by atoms with van der Waals surface area (Å²) in [7, 11) is -1.13. The van der Waals surface area contributed by atoms with E-state index in [-0.39, 0.29) is 16.3 Å². The molecule has 0 saturated heterocycles. The van der Waals surface area contributed by atoms with Crippen LogP contribution in [0.15, 0.2) is 65.6 Å². The molecule has 35 heavy (non-hydrogen) atoms.